The number of urea groups is 1. The van der Waals surface area contributed by atoms with Crippen molar-refractivity contribution in [1.82, 2.24) is 10.6 Å². The van der Waals surface area contributed by atoms with Gasteiger partial charge in [-0.1, -0.05) is 0 Å². The molecule has 2 amide bonds. The first-order valence-electron chi connectivity index (χ1n) is 6.01. The van der Waals surface area contributed by atoms with Gasteiger partial charge in [0.05, 0.1) is 0 Å². The molecule has 18 heavy (non-hydrogen) atoms. The van der Waals surface area contributed by atoms with Crippen LogP contribution in [0.25, 0.3) is 0 Å². The second-order valence-corrected chi connectivity index (χ2v) is 6.56. The van der Waals surface area contributed by atoms with Crippen molar-refractivity contribution < 1.29 is 14.7 Å². The molecule has 0 aromatic rings. The lowest BCUT2D eigenvalue weighted by molar-refractivity contribution is -0.139. The lowest BCUT2D eigenvalue weighted by atomic mass is 10.2. The van der Waals surface area contributed by atoms with Crippen LogP contribution in [0.15, 0.2) is 0 Å². The highest BCUT2D eigenvalue weighted by atomic mass is 32.2. The maximum Gasteiger partial charge on any atom is 0.326 e. The normalized spacial score (nSPS) is 20.4. The molecule has 1 heterocycles. The first-order valence-corrected chi connectivity index (χ1v) is 8.45. The molecule has 0 bridgehead atoms. The van der Waals surface area contributed by atoms with Gasteiger partial charge in [0, 0.05) is 11.8 Å². The Hall–Kier alpha value is -0.560. The van der Waals surface area contributed by atoms with Crippen LogP contribution in [0.3, 0.4) is 0 Å². The summed E-state index contributed by atoms with van der Waals surface area (Å²) in [5, 5.41) is 14.7. The first kappa shape index (κ1) is 15.5. The second-order valence-electron chi connectivity index (χ2n) is 4.16. The van der Waals surface area contributed by atoms with Crippen LogP contribution in [0.1, 0.15) is 19.3 Å². The van der Waals surface area contributed by atoms with E-state index in [4.69, 9.17) is 5.11 Å². The maximum absolute atomic E-state index is 11.6. The van der Waals surface area contributed by atoms with Crippen molar-refractivity contribution >= 4 is 35.5 Å². The highest BCUT2D eigenvalue weighted by Crippen LogP contribution is 2.25. The fraction of sp³-hybridized carbons (Fsp3) is 0.818. The Kier molecular flexibility index (Phi) is 7.34. The third kappa shape index (κ3) is 5.86. The van der Waals surface area contributed by atoms with Crippen LogP contribution in [0.2, 0.25) is 0 Å². The number of carbonyl (C=O) groups excluding carboxylic acids is 1. The van der Waals surface area contributed by atoms with E-state index in [2.05, 4.69) is 10.6 Å². The van der Waals surface area contributed by atoms with Crippen molar-refractivity contribution in [1.29, 1.82) is 0 Å². The summed E-state index contributed by atoms with van der Waals surface area (Å²) in [6.45, 7) is 0.616. The molecule has 1 aliphatic heterocycles. The summed E-state index contributed by atoms with van der Waals surface area (Å²) in [6.07, 6.45) is 4.68. The van der Waals surface area contributed by atoms with E-state index < -0.39 is 12.0 Å². The minimum Gasteiger partial charge on any atom is -0.480 e. The number of carboxylic acids is 1. The van der Waals surface area contributed by atoms with Crippen LogP contribution in [-0.2, 0) is 4.79 Å². The fourth-order valence-electron chi connectivity index (χ4n) is 1.71. The summed E-state index contributed by atoms with van der Waals surface area (Å²) in [7, 11) is 0. The highest BCUT2D eigenvalue weighted by Gasteiger charge is 2.20. The molecule has 1 rings (SSSR count). The molecule has 0 spiro atoms. The topological polar surface area (TPSA) is 78.4 Å². The van der Waals surface area contributed by atoms with Crippen LogP contribution in [0, 0.1) is 0 Å². The van der Waals surface area contributed by atoms with Crippen molar-refractivity contribution in [2.24, 2.45) is 0 Å². The van der Waals surface area contributed by atoms with Gasteiger partial charge in [-0.3, -0.25) is 0 Å². The number of carboxylic acid groups (broad SMARTS) is 1. The lowest BCUT2D eigenvalue weighted by Gasteiger charge is -2.16. The summed E-state index contributed by atoms with van der Waals surface area (Å²) in [6, 6.07) is -1.18. The Morgan fingerprint density at radius 3 is 2.89 bits per heavy atom. The fourth-order valence-corrected chi connectivity index (χ4v) is 3.39. The van der Waals surface area contributed by atoms with E-state index in [0.717, 1.165) is 17.9 Å². The second kappa shape index (κ2) is 8.53. The number of nitrogens with one attached hydrogen (secondary N) is 2. The molecule has 1 fully saturated rings. The number of rotatable bonds is 7. The Balaban J connectivity index is 2.24. The van der Waals surface area contributed by atoms with Crippen LogP contribution >= 0.6 is 23.5 Å². The smallest absolute Gasteiger partial charge is 0.326 e. The molecule has 1 unspecified atom stereocenters. The third-order valence-corrected chi connectivity index (χ3v) is 4.77. The monoisotopic (exact) mass is 292 g/mol. The average Bonchev–Trinajstić information content (AvgIpc) is 2.84. The highest BCUT2D eigenvalue weighted by molar-refractivity contribution is 8.00. The molecule has 1 saturated heterocycles. The van der Waals surface area contributed by atoms with Gasteiger partial charge in [0.1, 0.15) is 6.04 Å². The zero-order chi connectivity index (χ0) is 13.4. The summed E-state index contributed by atoms with van der Waals surface area (Å²) in [5.41, 5.74) is 0. The molecule has 3 N–H and O–H groups in total. The van der Waals surface area contributed by atoms with Crippen LogP contribution in [-0.4, -0.2) is 52.7 Å². The molecular weight excluding hydrogens is 272 g/mol. The van der Waals surface area contributed by atoms with E-state index in [1.165, 1.54) is 6.42 Å². The maximum atomic E-state index is 11.6. The van der Waals surface area contributed by atoms with Crippen molar-refractivity contribution in [2.75, 3.05) is 24.3 Å². The number of carbonyl (C=O) groups is 2. The molecule has 0 aromatic heterocycles. The minimum atomic E-state index is -0.977. The molecule has 0 radical (unpaired) electrons. The van der Waals surface area contributed by atoms with E-state index in [9.17, 15) is 9.59 Å². The Labute approximate surface area is 116 Å². The molecular formula is C11H20N2O3S2. The molecule has 5 nitrogen and oxygen atoms in total. The van der Waals surface area contributed by atoms with Gasteiger partial charge in [-0.15, -0.1) is 0 Å². The van der Waals surface area contributed by atoms with Gasteiger partial charge in [0.25, 0.3) is 0 Å². The van der Waals surface area contributed by atoms with E-state index in [-0.39, 0.29) is 6.03 Å². The molecule has 0 aromatic carbocycles. The number of hydrogen-bond acceptors (Lipinski definition) is 4. The largest absolute Gasteiger partial charge is 0.480 e. The zero-order valence-electron chi connectivity index (χ0n) is 10.5. The van der Waals surface area contributed by atoms with E-state index in [1.807, 2.05) is 18.0 Å². The summed E-state index contributed by atoms with van der Waals surface area (Å²) < 4.78 is 0. The van der Waals surface area contributed by atoms with E-state index >= 15 is 0 Å². The van der Waals surface area contributed by atoms with E-state index in [0.29, 0.717) is 18.2 Å². The van der Waals surface area contributed by atoms with Crippen LogP contribution < -0.4 is 10.6 Å². The predicted molar refractivity (Wildman–Crippen MR) is 76.4 cm³/mol. The number of aliphatic carboxylic acids is 1. The van der Waals surface area contributed by atoms with Crippen molar-refractivity contribution in [3.05, 3.63) is 0 Å². The van der Waals surface area contributed by atoms with Gasteiger partial charge >= 0.3 is 12.0 Å². The molecule has 104 valence electrons. The molecule has 0 saturated carbocycles. The van der Waals surface area contributed by atoms with Crippen LogP contribution in [0.4, 0.5) is 4.79 Å². The van der Waals surface area contributed by atoms with Gasteiger partial charge in [0.2, 0.25) is 0 Å². The molecule has 7 heteroatoms. The number of amides is 2. The summed E-state index contributed by atoms with van der Waals surface area (Å²) in [5.74, 6) is 0.893. The standard InChI is InChI=1S/C11H20N2O3S2/c1-17-6-4-9(10(14)15)13-11(16)12-7-8-3-2-5-18-8/h8-9H,2-7H2,1H3,(H,14,15)(H2,12,13,16)/t8?,9-/m0/s1. The van der Waals surface area contributed by atoms with Crippen molar-refractivity contribution in [2.45, 2.75) is 30.6 Å². The quantitative estimate of drug-likeness (QED) is 0.661. The Morgan fingerprint density at radius 1 is 1.56 bits per heavy atom. The predicted octanol–water partition coefficient (Wildman–Crippen LogP) is 1.39. The van der Waals surface area contributed by atoms with Crippen LogP contribution in [0.5, 0.6) is 0 Å². The van der Waals surface area contributed by atoms with Gasteiger partial charge < -0.3 is 15.7 Å². The van der Waals surface area contributed by atoms with Crippen molar-refractivity contribution in [3.63, 3.8) is 0 Å². The minimum absolute atomic E-state index is 0.379. The van der Waals surface area contributed by atoms with Gasteiger partial charge in [-0.05, 0) is 37.0 Å². The zero-order valence-corrected chi connectivity index (χ0v) is 12.1. The molecule has 2 atom stereocenters. The summed E-state index contributed by atoms with van der Waals surface area (Å²) >= 11 is 3.43. The first-order chi connectivity index (χ1) is 8.63. The number of hydrogen-bond donors (Lipinski definition) is 3. The number of thioether (sulfide) groups is 2. The van der Waals surface area contributed by atoms with Gasteiger partial charge in [-0.25, -0.2) is 9.59 Å². The Bertz CT molecular complexity index is 283. The van der Waals surface area contributed by atoms with Crippen molar-refractivity contribution in [3.8, 4) is 0 Å². The Morgan fingerprint density at radius 2 is 2.33 bits per heavy atom. The third-order valence-electron chi connectivity index (χ3n) is 2.73. The SMILES string of the molecule is CSCC[C@H](NC(=O)NCC1CCCS1)C(=O)O. The lowest BCUT2D eigenvalue weighted by Crippen LogP contribution is -2.47. The molecule has 1 aliphatic rings. The molecule has 0 aliphatic carbocycles. The van der Waals surface area contributed by atoms with E-state index in [1.54, 1.807) is 11.8 Å². The summed E-state index contributed by atoms with van der Waals surface area (Å²) in [4.78, 5) is 22.5. The average molecular weight is 292 g/mol. The van der Waals surface area contributed by atoms with Gasteiger partial charge in [-0.2, -0.15) is 23.5 Å². The van der Waals surface area contributed by atoms with Gasteiger partial charge in [0.15, 0.2) is 0 Å².